The number of ether oxygens (including phenoxy) is 1. The summed E-state index contributed by atoms with van der Waals surface area (Å²) < 4.78 is 19.9. The molecule has 110 valence electrons. The van der Waals surface area contributed by atoms with Crippen molar-refractivity contribution in [2.24, 2.45) is 0 Å². The van der Waals surface area contributed by atoms with Gasteiger partial charge in [-0.25, -0.2) is 4.39 Å². The van der Waals surface area contributed by atoms with Crippen LogP contribution in [-0.4, -0.2) is 6.04 Å². The Morgan fingerprint density at radius 3 is 2.71 bits per heavy atom. The molecule has 0 aliphatic heterocycles. The second-order valence-electron chi connectivity index (χ2n) is 5.10. The zero-order valence-electron chi connectivity index (χ0n) is 11.2. The minimum Gasteiger partial charge on any atom is -0.456 e. The summed E-state index contributed by atoms with van der Waals surface area (Å²) in [6.07, 6.45) is 2.54. The maximum atomic E-state index is 13.4. The molecular formula is C16H14BrClFNO. The molecule has 2 nitrogen and oxygen atoms in total. The largest absolute Gasteiger partial charge is 0.456 e. The fourth-order valence-corrected chi connectivity index (χ4v) is 2.58. The van der Waals surface area contributed by atoms with Crippen LogP contribution < -0.4 is 10.1 Å². The molecule has 1 fully saturated rings. The molecule has 0 bridgehead atoms. The Morgan fingerprint density at radius 1 is 1.24 bits per heavy atom. The van der Waals surface area contributed by atoms with Crippen molar-refractivity contribution in [1.29, 1.82) is 0 Å². The lowest BCUT2D eigenvalue weighted by atomic mass is 10.2. The number of nitrogens with one attached hydrogen (secondary N) is 1. The van der Waals surface area contributed by atoms with Gasteiger partial charge in [0.2, 0.25) is 0 Å². The molecule has 0 atom stereocenters. The van der Waals surface area contributed by atoms with Gasteiger partial charge in [0, 0.05) is 18.7 Å². The van der Waals surface area contributed by atoms with Gasteiger partial charge in [0.25, 0.3) is 0 Å². The summed E-state index contributed by atoms with van der Waals surface area (Å²) in [6, 6.07) is 11.0. The van der Waals surface area contributed by atoms with E-state index >= 15 is 0 Å². The topological polar surface area (TPSA) is 21.3 Å². The van der Waals surface area contributed by atoms with E-state index in [1.807, 2.05) is 18.2 Å². The first kappa shape index (κ1) is 14.8. The Bertz CT molecular complexity index is 661. The number of rotatable bonds is 5. The monoisotopic (exact) mass is 369 g/mol. The maximum Gasteiger partial charge on any atom is 0.145 e. The van der Waals surface area contributed by atoms with E-state index in [1.54, 1.807) is 6.07 Å². The second kappa shape index (κ2) is 6.34. The van der Waals surface area contributed by atoms with E-state index in [1.165, 1.54) is 30.5 Å². The van der Waals surface area contributed by atoms with Gasteiger partial charge < -0.3 is 10.1 Å². The molecule has 0 amide bonds. The van der Waals surface area contributed by atoms with Gasteiger partial charge in [0.05, 0.1) is 9.50 Å². The van der Waals surface area contributed by atoms with E-state index in [4.69, 9.17) is 16.3 Å². The summed E-state index contributed by atoms with van der Waals surface area (Å²) in [5.41, 5.74) is 1.18. The Balaban J connectivity index is 1.70. The summed E-state index contributed by atoms with van der Waals surface area (Å²) in [7, 11) is 0. The Labute approximate surface area is 136 Å². The third kappa shape index (κ3) is 3.96. The molecule has 2 aromatic carbocycles. The van der Waals surface area contributed by atoms with Gasteiger partial charge in [-0.2, -0.15) is 0 Å². The molecule has 3 rings (SSSR count). The summed E-state index contributed by atoms with van der Waals surface area (Å²) in [5.74, 6) is 0.573. The van der Waals surface area contributed by atoms with Crippen molar-refractivity contribution in [3.63, 3.8) is 0 Å². The van der Waals surface area contributed by atoms with Crippen LogP contribution in [-0.2, 0) is 6.54 Å². The highest BCUT2D eigenvalue weighted by Crippen LogP contribution is 2.32. The van der Waals surface area contributed by atoms with Crippen LogP contribution in [0.5, 0.6) is 11.5 Å². The molecule has 1 saturated carbocycles. The third-order valence-corrected chi connectivity index (χ3v) is 4.21. The summed E-state index contributed by atoms with van der Waals surface area (Å²) >= 11 is 9.14. The van der Waals surface area contributed by atoms with Gasteiger partial charge in [0.1, 0.15) is 17.3 Å². The predicted molar refractivity (Wildman–Crippen MR) is 85.5 cm³/mol. The molecule has 1 N–H and O–H groups in total. The van der Waals surface area contributed by atoms with Crippen molar-refractivity contribution in [3.8, 4) is 11.5 Å². The average molecular weight is 371 g/mol. The number of halogens is 3. The zero-order valence-corrected chi connectivity index (χ0v) is 13.5. The van der Waals surface area contributed by atoms with Crippen LogP contribution in [0.2, 0.25) is 5.02 Å². The Kier molecular flexibility index (Phi) is 4.48. The molecule has 21 heavy (non-hydrogen) atoms. The molecule has 5 heteroatoms. The lowest BCUT2D eigenvalue weighted by molar-refractivity contribution is 0.473. The van der Waals surface area contributed by atoms with E-state index in [0.29, 0.717) is 17.5 Å². The van der Waals surface area contributed by atoms with Gasteiger partial charge in [-0.15, -0.1) is 0 Å². The highest BCUT2D eigenvalue weighted by atomic mass is 79.9. The van der Waals surface area contributed by atoms with Crippen LogP contribution in [0.4, 0.5) is 4.39 Å². The quantitative estimate of drug-likeness (QED) is 0.772. The van der Waals surface area contributed by atoms with E-state index in [2.05, 4.69) is 21.2 Å². The maximum absolute atomic E-state index is 13.4. The molecule has 0 unspecified atom stereocenters. The van der Waals surface area contributed by atoms with Crippen molar-refractivity contribution in [2.45, 2.75) is 25.4 Å². The molecule has 0 heterocycles. The fraction of sp³-hybridized carbons (Fsp3) is 0.250. The first-order valence-electron chi connectivity index (χ1n) is 6.76. The van der Waals surface area contributed by atoms with Crippen molar-refractivity contribution in [3.05, 3.63) is 57.3 Å². The molecular weight excluding hydrogens is 357 g/mol. The van der Waals surface area contributed by atoms with Crippen LogP contribution >= 0.6 is 27.5 Å². The lowest BCUT2D eigenvalue weighted by Gasteiger charge is -2.10. The third-order valence-electron chi connectivity index (χ3n) is 3.29. The Hall–Kier alpha value is -1.10. The molecule has 1 aliphatic carbocycles. The van der Waals surface area contributed by atoms with Crippen LogP contribution in [0.25, 0.3) is 0 Å². The van der Waals surface area contributed by atoms with Crippen LogP contribution in [0.3, 0.4) is 0 Å². The lowest BCUT2D eigenvalue weighted by Crippen LogP contribution is -2.15. The van der Waals surface area contributed by atoms with Crippen LogP contribution in [0.1, 0.15) is 18.4 Å². The van der Waals surface area contributed by atoms with Gasteiger partial charge in [-0.05, 0) is 58.6 Å². The second-order valence-corrected chi connectivity index (χ2v) is 6.36. The van der Waals surface area contributed by atoms with Crippen LogP contribution in [0, 0.1) is 5.82 Å². The Morgan fingerprint density at radius 2 is 2.05 bits per heavy atom. The first-order valence-corrected chi connectivity index (χ1v) is 7.93. The molecule has 0 spiro atoms. The SMILES string of the molecule is Fc1cc(Oc2ccc(CNC3CC3)cc2Br)ccc1Cl. The summed E-state index contributed by atoms with van der Waals surface area (Å²) in [5, 5.41) is 3.54. The molecule has 1 aliphatic rings. The standard InChI is InChI=1S/C16H14BrClFNO/c17-13-7-10(9-20-11-2-3-11)1-6-16(13)21-12-4-5-14(18)15(19)8-12/h1,4-8,11,20H,2-3,9H2. The fourth-order valence-electron chi connectivity index (χ4n) is 1.95. The van der Waals surface area contributed by atoms with Gasteiger partial charge in [-0.3, -0.25) is 0 Å². The molecule has 0 radical (unpaired) electrons. The summed E-state index contributed by atoms with van der Waals surface area (Å²) in [6.45, 7) is 0.846. The molecule has 0 saturated heterocycles. The number of benzene rings is 2. The van der Waals surface area contributed by atoms with Crippen molar-refractivity contribution in [2.75, 3.05) is 0 Å². The normalized spacial score (nSPS) is 14.2. The first-order chi connectivity index (χ1) is 10.1. The molecule has 2 aromatic rings. The van der Waals surface area contributed by atoms with E-state index in [0.717, 1.165) is 11.0 Å². The molecule has 0 aromatic heterocycles. The van der Waals surface area contributed by atoms with Crippen molar-refractivity contribution >= 4 is 27.5 Å². The predicted octanol–water partition coefficient (Wildman–Crippen LogP) is 5.29. The smallest absolute Gasteiger partial charge is 0.145 e. The minimum atomic E-state index is -0.490. The van der Waals surface area contributed by atoms with Gasteiger partial charge in [-0.1, -0.05) is 17.7 Å². The average Bonchev–Trinajstić information content (AvgIpc) is 3.27. The van der Waals surface area contributed by atoms with Gasteiger partial charge in [0.15, 0.2) is 0 Å². The van der Waals surface area contributed by atoms with Crippen molar-refractivity contribution < 1.29 is 9.13 Å². The van der Waals surface area contributed by atoms with E-state index in [9.17, 15) is 4.39 Å². The zero-order chi connectivity index (χ0) is 14.8. The summed E-state index contributed by atoms with van der Waals surface area (Å²) in [4.78, 5) is 0. The number of hydrogen-bond donors (Lipinski definition) is 1. The van der Waals surface area contributed by atoms with Crippen molar-refractivity contribution in [1.82, 2.24) is 5.32 Å². The van der Waals surface area contributed by atoms with E-state index < -0.39 is 5.82 Å². The highest BCUT2D eigenvalue weighted by Gasteiger charge is 2.20. The van der Waals surface area contributed by atoms with Crippen LogP contribution in [0.15, 0.2) is 40.9 Å². The van der Waals surface area contributed by atoms with Gasteiger partial charge >= 0.3 is 0 Å². The number of hydrogen-bond acceptors (Lipinski definition) is 2. The van der Waals surface area contributed by atoms with E-state index in [-0.39, 0.29) is 5.02 Å². The minimum absolute atomic E-state index is 0.0860. The highest BCUT2D eigenvalue weighted by molar-refractivity contribution is 9.10.